The number of piperazine rings is 1. The van der Waals surface area contributed by atoms with Gasteiger partial charge in [-0.05, 0) is 49.0 Å². The molecule has 2 aromatic carbocycles. The van der Waals surface area contributed by atoms with Crippen molar-refractivity contribution in [1.82, 2.24) is 14.8 Å². The Balaban J connectivity index is 1.46. The van der Waals surface area contributed by atoms with E-state index < -0.39 is 17.7 Å². The van der Waals surface area contributed by atoms with Gasteiger partial charge in [0.15, 0.2) is 5.69 Å². The van der Waals surface area contributed by atoms with Gasteiger partial charge in [-0.15, -0.1) is 0 Å². The first-order chi connectivity index (χ1) is 15.4. The van der Waals surface area contributed by atoms with Crippen molar-refractivity contribution in [3.05, 3.63) is 71.2 Å². The van der Waals surface area contributed by atoms with Crippen LogP contribution in [0.25, 0.3) is 10.6 Å². The number of halogens is 1. The zero-order chi connectivity index (χ0) is 22.7. The quantitative estimate of drug-likeness (QED) is 0.592. The molecular weight excluding hydrogens is 431 g/mol. The van der Waals surface area contributed by atoms with Gasteiger partial charge in [-0.25, -0.2) is 14.2 Å². The molecule has 2 N–H and O–H groups in total. The molecule has 1 aromatic heterocycles. The molecule has 0 atom stereocenters. The molecule has 1 saturated heterocycles. The summed E-state index contributed by atoms with van der Waals surface area (Å²) in [5.41, 5.74) is 1.89. The van der Waals surface area contributed by atoms with Crippen LogP contribution in [0.4, 0.5) is 9.39 Å². The van der Waals surface area contributed by atoms with E-state index in [4.69, 9.17) is 0 Å². The number of likely N-dealkylation sites (N-methyl/N-ethyl adjacent to an activating group) is 1. The topological polar surface area (TPSA) is 85.8 Å². The molecule has 0 radical (unpaired) electrons. The van der Waals surface area contributed by atoms with Gasteiger partial charge in [-0.2, -0.15) is 0 Å². The number of aromatic nitrogens is 1. The van der Waals surface area contributed by atoms with E-state index in [1.165, 1.54) is 24.3 Å². The minimum Gasteiger partial charge on any atom is -0.476 e. The molecular formula is C23H23FN4O3S. The maximum atomic E-state index is 13.2. The average Bonchev–Trinajstić information content (AvgIpc) is 3.20. The highest BCUT2D eigenvalue weighted by Crippen LogP contribution is 2.32. The number of nitrogens with zero attached hydrogens (tertiary/aromatic N) is 3. The Labute approximate surface area is 189 Å². The standard InChI is InChI=1S/C23H23FN4O3S/c1-27-10-12-28(13-11-27)14-15-2-4-16(5-3-15)20(29)26-22-19(23(30)31)25-21(32-22)17-6-8-18(24)9-7-17/h2-9H,10-14H2,1H3,(H,26,29)(H,30,31). The van der Waals surface area contributed by atoms with Crippen LogP contribution in [-0.2, 0) is 6.54 Å². The van der Waals surface area contributed by atoms with Crippen molar-refractivity contribution in [2.45, 2.75) is 6.54 Å². The Kier molecular flexibility index (Phi) is 6.59. The second-order valence-corrected chi connectivity index (χ2v) is 8.74. The number of amides is 1. The highest BCUT2D eigenvalue weighted by molar-refractivity contribution is 7.19. The second kappa shape index (κ2) is 9.56. The minimum atomic E-state index is -1.24. The Hall–Kier alpha value is -3.14. The van der Waals surface area contributed by atoms with Crippen molar-refractivity contribution in [2.75, 3.05) is 38.5 Å². The van der Waals surface area contributed by atoms with Crippen LogP contribution < -0.4 is 5.32 Å². The van der Waals surface area contributed by atoms with Gasteiger partial charge in [0.25, 0.3) is 5.91 Å². The summed E-state index contributed by atoms with van der Waals surface area (Å²) < 4.78 is 13.2. The van der Waals surface area contributed by atoms with Crippen molar-refractivity contribution >= 4 is 28.2 Å². The summed E-state index contributed by atoms with van der Waals surface area (Å²) in [6, 6.07) is 12.9. The van der Waals surface area contributed by atoms with E-state index in [0.717, 1.165) is 49.6 Å². The molecule has 9 heteroatoms. The molecule has 1 fully saturated rings. The van der Waals surface area contributed by atoms with Gasteiger partial charge in [-0.3, -0.25) is 9.69 Å². The number of carboxylic acid groups (broad SMARTS) is 1. The number of thiazole rings is 1. The number of carbonyl (C=O) groups is 2. The summed E-state index contributed by atoms with van der Waals surface area (Å²) >= 11 is 1.04. The van der Waals surface area contributed by atoms with Gasteiger partial charge in [0, 0.05) is 43.9 Å². The van der Waals surface area contributed by atoms with Crippen LogP contribution in [0.1, 0.15) is 26.4 Å². The van der Waals surface area contributed by atoms with Crippen molar-refractivity contribution in [2.24, 2.45) is 0 Å². The van der Waals surface area contributed by atoms with Crippen molar-refractivity contribution in [3.8, 4) is 10.6 Å². The molecule has 166 valence electrons. The lowest BCUT2D eigenvalue weighted by Gasteiger charge is -2.32. The van der Waals surface area contributed by atoms with Crippen LogP contribution in [0.15, 0.2) is 48.5 Å². The van der Waals surface area contributed by atoms with Crippen LogP contribution in [0.5, 0.6) is 0 Å². The van der Waals surface area contributed by atoms with E-state index in [2.05, 4.69) is 27.1 Å². The summed E-state index contributed by atoms with van der Waals surface area (Å²) in [5.74, 6) is -2.05. The van der Waals surface area contributed by atoms with E-state index in [0.29, 0.717) is 16.1 Å². The number of aromatic carboxylic acids is 1. The first-order valence-corrected chi connectivity index (χ1v) is 11.0. The SMILES string of the molecule is CN1CCN(Cc2ccc(C(=O)Nc3sc(-c4ccc(F)cc4)nc3C(=O)O)cc2)CC1. The predicted octanol–water partition coefficient (Wildman–Crippen LogP) is 3.65. The Morgan fingerprint density at radius 2 is 1.72 bits per heavy atom. The highest BCUT2D eigenvalue weighted by Gasteiger charge is 2.21. The fraction of sp³-hybridized carbons (Fsp3) is 0.261. The third kappa shape index (κ3) is 5.18. The van der Waals surface area contributed by atoms with Gasteiger partial charge in [-0.1, -0.05) is 23.5 Å². The number of hydrogen-bond donors (Lipinski definition) is 2. The molecule has 0 saturated carbocycles. The lowest BCUT2D eigenvalue weighted by atomic mass is 10.1. The fourth-order valence-corrected chi connectivity index (χ4v) is 4.42. The molecule has 0 bridgehead atoms. The summed E-state index contributed by atoms with van der Waals surface area (Å²) in [6.07, 6.45) is 0. The van der Waals surface area contributed by atoms with Gasteiger partial charge in [0.1, 0.15) is 15.8 Å². The molecule has 0 unspecified atom stereocenters. The molecule has 0 aliphatic carbocycles. The van der Waals surface area contributed by atoms with E-state index in [1.807, 2.05) is 12.1 Å². The molecule has 32 heavy (non-hydrogen) atoms. The molecule has 4 rings (SSSR count). The Morgan fingerprint density at radius 3 is 2.34 bits per heavy atom. The van der Waals surface area contributed by atoms with E-state index in [-0.39, 0.29) is 10.7 Å². The summed E-state index contributed by atoms with van der Waals surface area (Å²) in [7, 11) is 2.12. The summed E-state index contributed by atoms with van der Waals surface area (Å²) in [6.45, 7) is 4.94. The Bertz CT molecular complexity index is 1110. The zero-order valence-electron chi connectivity index (χ0n) is 17.5. The molecule has 1 aliphatic rings. The summed E-state index contributed by atoms with van der Waals surface area (Å²) in [4.78, 5) is 33.1. The smallest absolute Gasteiger partial charge is 0.357 e. The molecule has 0 spiro atoms. The van der Waals surface area contributed by atoms with Crippen LogP contribution >= 0.6 is 11.3 Å². The van der Waals surface area contributed by atoms with Crippen LogP contribution in [0.3, 0.4) is 0 Å². The zero-order valence-corrected chi connectivity index (χ0v) is 18.4. The van der Waals surface area contributed by atoms with Gasteiger partial charge in [0.2, 0.25) is 0 Å². The maximum absolute atomic E-state index is 13.2. The number of benzene rings is 2. The molecule has 2 heterocycles. The minimum absolute atomic E-state index is 0.142. The molecule has 1 amide bonds. The Morgan fingerprint density at radius 1 is 1.06 bits per heavy atom. The maximum Gasteiger partial charge on any atom is 0.357 e. The van der Waals surface area contributed by atoms with Gasteiger partial charge in [0.05, 0.1) is 0 Å². The third-order valence-corrected chi connectivity index (χ3v) is 6.39. The molecule has 3 aromatic rings. The highest BCUT2D eigenvalue weighted by atomic mass is 32.1. The number of carboxylic acids is 1. The average molecular weight is 455 g/mol. The number of hydrogen-bond acceptors (Lipinski definition) is 6. The van der Waals surface area contributed by atoms with Crippen molar-refractivity contribution < 1.29 is 19.1 Å². The van der Waals surface area contributed by atoms with Crippen LogP contribution in [0.2, 0.25) is 0 Å². The first-order valence-electron chi connectivity index (χ1n) is 10.2. The third-order valence-electron chi connectivity index (χ3n) is 5.37. The lowest BCUT2D eigenvalue weighted by Crippen LogP contribution is -2.43. The first kappa shape index (κ1) is 22.1. The van der Waals surface area contributed by atoms with Crippen molar-refractivity contribution in [3.63, 3.8) is 0 Å². The number of nitrogens with one attached hydrogen (secondary N) is 1. The van der Waals surface area contributed by atoms with Crippen LogP contribution in [-0.4, -0.2) is 65.0 Å². The van der Waals surface area contributed by atoms with Crippen LogP contribution in [0, 0.1) is 5.82 Å². The monoisotopic (exact) mass is 454 g/mol. The summed E-state index contributed by atoms with van der Waals surface area (Å²) in [5, 5.41) is 12.7. The fourth-order valence-electron chi connectivity index (χ4n) is 3.47. The predicted molar refractivity (Wildman–Crippen MR) is 122 cm³/mol. The van der Waals surface area contributed by atoms with Gasteiger partial charge < -0.3 is 15.3 Å². The molecule has 7 nitrogen and oxygen atoms in total. The van der Waals surface area contributed by atoms with E-state index in [1.54, 1.807) is 12.1 Å². The number of anilines is 1. The number of rotatable bonds is 6. The lowest BCUT2D eigenvalue weighted by molar-refractivity contribution is 0.0692. The molecule has 1 aliphatic heterocycles. The second-order valence-electron chi connectivity index (χ2n) is 7.74. The van der Waals surface area contributed by atoms with E-state index in [9.17, 15) is 19.1 Å². The normalized spacial score (nSPS) is 14.9. The van der Waals surface area contributed by atoms with Gasteiger partial charge >= 0.3 is 5.97 Å². The van der Waals surface area contributed by atoms with E-state index >= 15 is 0 Å². The number of carbonyl (C=O) groups excluding carboxylic acids is 1. The largest absolute Gasteiger partial charge is 0.476 e. The van der Waals surface area contributed by atoms with Crippen molar-refractivity contribution in [1.29, 1.82) is 0 Å².